The number of methoxy groups -OCH3 is 1. The number of rotatable bonds is 11. The third-order valence-electron chi connectivity index (χ3n) is 7.66. The summed E-state index contributed by atoms with van der Waals surface area (Å²) in [5, 5.41) is 4.93. The maximum Gasteiger partial charge on any atom is 0.338 e. The molecule has 0 unspecified atom stereocenters. The van der Waals surface area contributed by atoms with Gasteiger partial charge in [-0.2, -0.15) is 5.10 Å². The van der Waals surface area contributed by atoms with Gasteiger partial charge in [0.05, 0.1) is 41.2 Å². The van der Waals surface area contributed by atoms with E-state index in [0.717, 1.165) is 34.5 Å². The summed E-state index contributed by atoms with van der Waals surface area (Å²) >= 11 is 1.26. The molecular formula is C37H34N4O5S. The fourth-order valence-electron chi connectivity index (χ4n) is 5.40. The maximum absolute atomic E-state index is 14.3. The fraction of sp³-hybridized carbons (Fsp3) is 0.189. The molecule has 238 valence electrons. The van der Waals surface area contributed by atoms with Gasteiger partial charge in [-0.3, -0.25) is 9.36 Å². The standard InChI is InChI=1S/C37H34N4O5S/c1-5-20-45-30-18-12-25(13-19-30)33-27(23-40(39-33)28-10-8-7-9-11-28)22-31-35(42)41-34(26-14-16-29(44-4)17-15-26)32(36(43)46-21-6-2)24(3)38-37(41)47-31/h6-19,22-23,34H,2,5,20-21H2,1,3-4H3/b31-22-/t34-/m1/s1. The SMILES string of the molecule is C=CCOC(=O)C1=C(C)N=c2s/c(=C\c3cn(-c4ccccc4)nc3-c3ccc(OCCC)cc3)c(=O)n2[C@@H]1c1ccc(OC)cc1. The van der Waals surface area contributed by atoms with E-state index in [4.69, 9.17) is 24.3 Å². The third kappa shape index (κ3) is 6.45. The van der Waals surface area contributed by atoms with E-state index in [1.165, 1.54) is 17.4 Å². The van der Waals surface area contributed by atoms with Gasteiger partial charge in [-0.15, -0.1) is 0 Å². The van der Waals surface area contributed by atoms with Gasteiger partial charge in [0.2, 0.25) is 0 Å². The lowest BCUT2D eigenvalue weighted by Crippen LogP contribution is -2.39. The first-order valence-electron chi connectivity index (χ1n) is 15.2. The number of para-hydroxylation sites is 1. The Morgan fingerprint density at radius 1 is 1.02 bits per heavy atom. The van der Waals surface area contributed by atoms with Crippen LogP contribution < -0.4 is 24.4 Å². The van der Waals surface area contributed by atoms with Crippen LogP contribution in [-0.2, 0) is 9.53 Å². The van der Waals surface area contributed by atoms with Crippen molar-refractivity contribution in [3.63, 3.8) is 0 Å². The summed E-state index contributed by atoms with van der Waals surface area (Å²) < 4.78 is 20.4. The molecule has 0 aliphatic carbocycles. The molecule has 9 nitrogen and oxygen atoms in total. The fourth-order valence-corrected chi connectivity index (χ4v) is 6.43. The molecule has 1 atom stereocenters. The highest BCUT2D eigenvalue weighted by atomic mass is 32.1. The number of hydrogen-bond acceptors (Lipinski definition) is 8. The number of hydrogen-bond donors (Lipinski definition) is 0. The lowest BCUT2D eigenvalue weighted by Gasteiger charge is -2.24. The highest BCUT2D eigenvalue weighted by Gasteiger charge is 2.33. The largest absolute Gasteiger partial charge is 0.497 e. The number of ether oxygens (including phenoxy) is 3. The van der Waals surface area contributed by atoms with Crippen LogP contribution in [0.1, 0.15) is 37.4 Å². The van der Waals surface area contributed by atoms with Crippen LogP contribution >= 0.6 is 11.3 Å². The van der Waals surface area contributed by atoms with Crippen LogP contribution in [0, 0.1) is 0 Å². The first-order valence-corrected chi connectivity index (χ1v) is 16.1. The molecule has 1 aliphatic rings. The Balaban J connectivity index is 1.51. The van der Waals surface area contributed by atoms with E-state index in [2.05, 4.69) is 13.5 Å². The molecule has 2 aromatic heterocycles. The van der Waals surface area contributed by atoms with E-state index in [0.29, 0.717) is 38.7 Å². The third-order valence-corrected chi connectivity index (χ3v) is 8.64. The molecule has 1 aliphatic heterocycles. The van der Waals surface area contributed by atoms with Gasteiger partial charge in [-0.25, -0.2) is 14.5 Å². The van der Waals surface area contributed by atoms with Crippen LogP contribution in [0.25, 0.3) is 23.0 Å². The summed E-state index contributed by atoms with van der Waals surface area (Å²) in [6.07, 6.45) is 6.17. The van der Waals surface area contributed by atoms with Crippen LogP contribution in [-0.4, -0.2) is 40.6 Å². The maximum atomic E-state index is 14.3. The van der Waals surface area contributed by atoms with E-state index >= 15 is 0 Å². The van der Waals surface area contributed by atoms with Gasteiger partial charge in [0.15, 0.2) is 4.80 Å². The van der Waals surface area contributed by atoms with Crippen molar-refractivity contribution in [2.24, 2.45) is 4.99 Å². The van der Waals surface area contributed by atoms with Crippen LogP contribution in [0.15, 0.2) is 119 Å². The predicted molar refractivity (Wildman–Crippen MR) is 183 cm³/mol. The van der Waals surface area contributed by atoms with E-state index in [-0.39, 0.29) is 12.2 Å². The molecule has 0 amide bonds. The molecule has 6 rings (SSSR count). The minimum absolute atomic E-state index is 0.0370. The highest BCUT2D eigenvalue weighted by Crippen LogP contribution is 2.32. The van der Waals surface area contributed by atoms with Crippen molar-refractivity contribution in [3.05, 3.63) is 140 Å². The lowest BCUT2D eigenvalue weighted by molar-refractivity contribution is -0.138. The topological polar surface area (TPSA) is 96.9 Å². The van der Waals surface area contributed by atoms with Crippen molar-refractivity contribution in [2.75, 3.05) is 20.3 Å². The molecule has 0 spiro atoms. The summed E-state index contributed by atoms with van der Waals surface area (Å²) in [4.78, 5) is 32.9. The van der Waals surface area contributed by atoms with Gasteiger partial charge in [0.1, 0.15) is 23.8 Å². The zero-order valence-electron chi connectivity index (χ0n) is 26.4. The second kappa shape index (κ2) is 13.9. The van der Waals surface area contributed by atoms with E-state index in [9.17, 15) is 9.59 Å². The molecule has 3 heterocycles. The minimum Gasteiger partial charge on any atom is -0.497 e. The summed E-state index contributed by atoms with van der Waals surface area (Å²) in [7, 11) is 1.59. The minimum atomic E-state index is -0.751. The molecule has 0 bridgehead atoms. The van der Waals surface area contributed by atoms with Crippen LogP contribution in [0.2, 0.25) is 0 Å². The number of aromatic nitrogens is 3. The Morgan fingerprint density at radius 3 is 2.43 bits per heavy atom. The summed E-state index contributed by atoms with van der Waals surface area (Å²) in [5.74, 6) is 0.883. The normalized spacial score (nSPS) is 14.4. The number of benzene rings is 3. The number of esters is 1. The quantitative estimate of drug-likeness (QED) is 0.137. The van der Waals surface area contributed by atoms with E-state index in [1.807, 2.05) is 79.0 Å². The molecule has 0 radical (unpaired) electrons. The number of fused-ring (bicyclic) bond motifs is 1. The smallest absolute Gasteiger partial charge is 0.338 e. The molecule has 10 heteroatoms. The zero-order chi connectivity index (χ0) is 32.9. The van der Waals surface area contributed by atoms with E-state index < -0.39 is 12.0 Å². The monoisotopic (exact) mass is 646 g/mol. The van der Waals surface area contributed by atoms with Crippen molar-refractivity contribution < 1.29 is 19.0 Å². The zero-order valence-corrected chi connectivity index (χ0v) is 27.2. The van der Waals surface area contributed by atoms with Gasteiger partial charge in [-0.1, -0.05) is 61.2 Å². The second-order valence-corrected chi connectivity index (χ2v) is 11.8. The van der Waals surface area contributed by atoms with Crippen molar-refractivity contribution >= 4 is 23.4 Å². The Morgan fingerprint density at radius 2 is 1.74 bits per heavy atom. The van der Waals surface area contributed by atoms with Crippen molar-refractivity contribution in [1.29, 1.82) is 0 Å². The number of carbonyl (C=O) groups excluding carboxylic acids is 1. The average Bonchev–Trinajstić information content (AvgIpc) is 3.66. The number of carbonyl (C=O) groups is 1. The number of thiazole rings is 1. The predicted octanol–water partition coefficient (Wildman–Crippen LogP) is 5.61. The van der Waals surface area contributed by atoms with Crippen molar-refractivity contribution in [3.8, 4) is 28.4 Å². The Hall–Kier alpha value is -5.48. The molecular weight excluding hydrogens is 612 g/mol. The van der Waals surface area contributed by atoms with Crippen LogP contribution in [0.5, 0.6) is 11.5 Å². The lowest BCUT2D eigenvalue weighted by atomic mass is 9.96. The Bertz CT molecular complexity index is 2130. The Labute approximate surface area is 276 Å². The molecule has 47 heavy (non-hydrogen) atoms. The summed E-state index contributed by atoms with van der Waals surface area (Å²) in [5.41, 5.74) is 4.44. The van der Waals surface area contributed by atoms with Crippen LogP contribution in [0.4, 0.5) is 0 Å². The molecule has 3 aromatic carbocycles. The molecule has 0 N–H and O–H groups in total. The average molecular weight is 647 g/mol. The highest BCUT2D eigenvalue weighted by molar-refractivity contribution is 7.07. The van der Waals surface area contributed by atoms with Gasteiger partial charge in [0, 0.05) is 17.3 Å². The van der Waals surface area contributed by atoms with Gasteiger partial charge >= 0.3 is 5.97 Å². The van der Waals surface area contributed by atoms with Gasteiger partial charge in [0.25, 0.3) is 5.56 Å². The van der Waals surface area contributed by atoms with Gasteiger partial charge < -0.3 is 14.2 Å². The van der Waals surface area contributed by atoms with E-state index in [1.54, 1.807) is 35.4 Å². The summed E-state index contributed by atoms with van der Waals surface area (Å²) in [6.45, 7) is 8.15. The van der Waals surface area contributed by atoms with Crippen molar-refractivity contribution in [2.45, 2.75) is 26.3 Å². The summed E-state index contributed by atoms with van der Waals surface area (Å²) in [6, 6.07) is 24.1. The first-order chi connectivity index (χ1) is 22.9. The second-order valence-electron chi connectivity index (χ2n) is 10.8. The number of nitrogens with zero attached hydrogens (tertiary/aromatic N) is 4. The van der Waals surface area contributed by atoms with Gasteiger partial charge in [-0.05, 0) is 73.5 Å². The molecule has 5 aromatic rings. The molecule has 0 saturated heterocycles. The first kappa shape index (κ1) is 31.5. The van der Waals surface area contributed by atoms with Crippen molar-refractivity contribution in [1.82, 2.24) is 14.3 Å². The number of allylic oxidation sites excluding steroid dienone is 1. The van der Waals surface area contributed by atoms with Crippen LogP contribution in [0.3, 0.4) is 0 Å². The molecule has 0 saturated carbocycles. The molecule has 0 fully saturated rings. The Kier molecular flexibility index (Phi) is 9.30.